The third-order valence-electron chi connectivity index (χ3n) is 9.13. The molecule has 2 unspecified atom stereocenters. The number of aliphatic hydroxyl groups is 4. The highest BCUT2D eigenvalue weighted by molar-refractivity contribution is 5.90. The van der Waals surface area contributed by atoms with Crippen molar-refractivity contribution in [3.63, 3.8) is 0 Å². The number of cyclic esters (lactones) is 1. The molecule has 4 N–H and O–H groups in total. The first-order chi connectivity index (χ1) is 20.3. The monoisotopic (exact) mass is 596 g/mol. The van der Waals surface area contributed by atoms with Gasteiger partial charge in [-0.3, -0.25) is 0 Å². The lowest BCUT2D eigenvalue weighted by molar-refractivity contribution is -0.139. The molecule has 1 fully saturated rings. The van der Waals surface area contributed by atoms with Gasteiger partial charge in [-0.2, -0.15) is 0 Å². The molecule has 2 rings (SSSR count). The fourth-order valence-corrected chi connectivity index (χ4v) is 6.41. The number of carbonyl (C=O) groups is 1. The van der Waals surface area contributed by atoms with E-state index in [0.29, 0.717) is 30.9 Å². The van der Waals surface area contributed by atoms with E-state index in [1.807, 2.05) is 13.0 Å². The molecule has 0 radical (unpaired) electrons. The van der Waals surface area contributed by atoms with Crippen molar-refractivity contribution in [2.45, 2.75) is 204 Å². The molecule has 42 heavy (non-hydrogen) atoms. The molecule has 0 spiro atoms. The van der Waals surface area contributed by atoms with Gasteiger partial charge < -0.3 is 29.9 Å². The van der Waals surface area contributed by atoms with E-state index in [0.717, 1.165) is 89.9 Å². The Labute approximate surface area is 256 Å². The number of unbranched alkanes of at least 4 members (excludes halogenated alkanes) is 12. The van der Waals surface area contributed by atoms with Crippen molar-refractivity contribution in [3.8, 4) is 0 Å². The molecule has 7 atom stereocenters. The summed E-state index contributed by atoms with van der Waals surface area (Å²) >= 11 is 0. The number of ether oxygens (including phenoxy) is 2. The maximum atomic E-state index is 11.6. The lowest BCUT2D eigenvalue weighted by Crippen LogP contribution is -2.26. The van der Waals surface area contributed by atoms with E-state index in [2.05, 4.69) is 6.92 Å². The highest BCUT2D eigenvalue weighted by atomic mass is 16.5. The summed E-state index contributed by atoms with van der Waals surface area (Å²) in [4.78, 5) is 11.6. The zero-order valence-electron chi connectivity index (χ0n) is 26.9. The first-order valence-electron chi connectivity index (χ1n) is 17.6. The Bertz CT molecular complexity index is 726. The summed E-state index contributed by atoms with van der Waals surface area (Å²) in [7, 11) is 0. The molecule has 0 bridgehead atoms. The lowest BCUT2D eigenvalue weighted by atomic mass is 9.99. The Morgan fingerprint density at radius 3 is 1.88 bits per heavy atom. The first-order valence-corrected chi connectivity index (χ1v) is 17.6. The Hall–Kier alpha value is -0.990. The first kappa shape index (κ1) is 37.2. The van der Waals surface area contributed by atoms with Gasteiger partial charge >= 0.3 is 5.97 Å². The van der Waals surface area contributed by atoms with Crippen LogP contribution in [0, 0.1) is 0 Å². The topological polar surface area (TPSA) is 116 Å². The van der Waals surface area contributed by atoms with Gasteiger partial charge in [0.05, 0.1) is 36.6 Å². The van der Waals surface area contributed by atoms with Crippen LogP contribution in [0.3, 0.4) is 0 Å². The minimum absolute atomic E-state index is 0.0131. The van der Waals surface area contributed by atoms with Crippen LogP contribution in [0.25, 0.3) is 0 Å². The highest BCUT2D eigenvalue weighted by Crippen LogP contribution is 2.28. The molecule has 2 aliphatic rings. The lowest BCUT2D eigenvalue weighted by Gasteiger charge is -2.20. The summed E-state index contributed by atoms with van der Waals surface area (Å²) < 4.78 is 11.3. The smallest absolute Gasteiger partial charge is 0.334 e. The standard InChI is InChI=1S/C35H64O7/c1-3-4-13-20-31(37)32(38)21-16-11-12-17-22-33(39)34-24-23-30(42-34)19-15-10-8-6-5-7-9-14-18-29(36)26-28-25-27(2)41-35(28)40/h25,27,29-34,36-39H,3-24,26H2,1-2H3/t27-,29+,30+,31?,32?,33-,34-/m0/s1. The van der Waals surface area contributed by atoms with Crippen molar-refractivity contribution in [2.24, 2.45) is 0 Å². The van der Waals surface area contributed by atoms with Gasteiger partial charge in [0.1, 0.15) is 6.10 Å². The Morgan fingerprint density at radius 1 is 0.738 bits per heavy atom. The van der Waals surface area contributed by atoms with Crippen LogP contribution in [0.2, 0.25) is 0 Å². The predicted molar refractivity (Wildman–Crippen MR) is 168 cm³/mol. The maximum Gasteiger partial charge on any atom is 0.334 e. The summed E-state index contributed by atoms with van der Waals surface area (Å²) in [5.41, 5.74) is 0.621. The number of hydrogen-bond acceptors (Lipinski definition) is 7. The second-order valence-corrected chi connectivity index (χ2v) is 13.1. The van der Waals surface area contributed by atoms with E-state index >= 15 is 0 Å². The van der Waals surface area contributed by atoms with Crippen LogP contribution < -0.4 is 0 Å². The van der Waals surface area contributed by atoms with E-state index in [1.54, 1.807) is 0 Å². The number of rotatable bonds is 26. The van der Waals surface area contributed by atoms with Crippen molar-refractivity contribution in [3.05, 3.63) is 11.6 Å². The second kappa shape index (κ2) is 22.5. The summed E-state index contributed by atoms with van der Waals surface area (Å²) in [5.74, 6) is -0.277. The number of carbonyl (C=O) groups excluding carboxylic acids is 1. The van der Waals surface area contributed by atoms with E-state index in [-0.39, 0.29) is 24.3 Å². The molecule has 1 saturated heterocycles. The third-order valence-corrected chi connectivity index (χ3v) is 9.13. The normalized spacial score (nSPS) is 23.5. The largest absolute Gasteiger partial charge is 0.455 e. The van der Waals surface area contributed by atoms with Crippen molar-refractivity contribution >= 4 is 5.97 Å². The molecule has 246 valence electrons. The summed E-state index contributed by atoms with van der Waals surface area (Å²) in [6.45, 7) is 3.98. The molecule has 7 heteroatoms. The average Bonchev–Trinajstić information content (AvgIpc) is 3.56. The summed E-state index contributed by atoms with van der Waals surface area (Å²) in [6.07, 6.45) is 23.0. The van der Waals surface area contributed by atoms with E-state index in [9.17, 15) is 25.2 Å². The zero-order chi connectivity index (χ0) is 30.6. The van der Waals surface area contributed by atoms with E-state index in [1.165, 1.54) is 38.5 Å². The van der Waals surface area contributed by atoms with Gasteiger partial charge in [0.25, 0.3) is 0 Å². The van der Waals surface area contributed by atoms with Gasteiger partial charge in [0.2, 0.25) is 0 Å². The molecule has 2 aliphatic heterocycles. The van der Waals surface area contributed by atoms with Gasteiger partial charge in [-0.15, -0.1) is 0 Å². The molecular weight excluding hydrogens is 532 g/mol. The molecule has 0 aromatic rings. The van der Waals surface area contributed by atoms with Gasteiger partial charge in [-0.05, 0) is 57.9 Å². The number of hydrogen-bond donors (Lipinski definition) is 4. The molecule has 0 aromatic carbocycles. The van der Waals surface area contributed by atoms with Gasteiger partial charge in [0.15, 0.2) is 0 Å². The van der Waals surface area contributed by atoms with Crippen LogP contribution in [0.5, 0.6) is 0 Å². The third kappa shape index (κ3) is 16.2. The van der Waals surface area contributed by atoms with Gasteiger partial charge in [-0.1, -0.05) is 103 Å². The molecule has 2 heterocycles. The molecule has 0 aromatic heterocycles. The van der Waals surface area contributed by atoms with Gasteiger partial charge in [-0.25, -0.2) is 4.79 Å². The number of esters is 1. The van der Waals surface area contributed by atoms with Crippen molar-refractivity contribution < 1.29 is 34.7 Å². The van der Waals surface area contributed by atoms with E-state index < -0.39 is 18.3 Å². The maximum absolute atomic E-state index is 11.6. The number of aliphatic hydroxyl groups excluding tert-OH is 4. The Balaban J connectivity index is 1.36. The average molecular weight is 597 g/mol. The fourth-order valence-electron chi connectivity index (χ4n) is 6.41. The van der Waals surface area contributed by atoms with Crippen LogP contribution in [0.4, 0.5) is 0 Å². The molecule has 7 nitrogen and oxygen atoms in total. The Morgan fingerprint density at radius 2 is 1.29 bits per heavy atom. The van der Waals surface area contributed by atoms with Gasteiger partial charge in [0, 0.05) is 12.0 Å². The quantitative estimate of drug-likeness (QED) is 0.0624. The zero-order valence-corrected chi connectivity index (χ0v) is 26.9. The summed E-state index contributed by atoms with van der Waals surface area (Å²) in [5, 5.41) is 40.9. The Kier molecular flexibility index (Phi) is 19.9. The predicted octanol–water partition coefficient (Wildman–Crippen LogP) is 7.06. The van der Waals surface area contributed by atoms with Crippen molar-refractivity contribution in [1.82, 2.24) is 0 Å². The van der Waals surface area contributed by atoms with Crippen LogP contribution in [-0.2, 0) is 14.3 Å². The summed E-state index contributed by atoms with van der Waals surface area (Å²) in [6, 6.07) is 0. The molecule has 0 amide bonds. The molecule has 0 aliphatic carbocycles. The van der Waals surface area contributed by atoms with Crippen molar-refractivity contribution in [2.75, 3.05) is 0 Å². The van der Waals surface area contributed by atoms with Crippen LogP contribution in [-0.4, -0.2) is 69.1 Å². The van der Waals surface area contributed by atoms with Crippen LogP contribution in [0.1, 0.15) is 162 Å². The SMILES string of the molecule is CCCCCC(O)C(O)CCCCCC[C@H](O)[C@@H]1CC[C@@H](CCCCCCCCCC[C@@H](O)CC2=C[C@H](C)OC2=O)O1. The van der Waals surface area contributed by atoms with Crippen LogP contribution >= 0.6 is 0 Å². The minimum Gasteiger partial charge on any atom is -0.455 e. The molecule has 0 saturated carbocycles. The second-order valence-electron chi connectivity index (χ2n) is 13.1. The van der Waals surface area contributed by atoms with E-state index in [4.69, 9.17) is 9.47 Å². The van der Waals surface area contributed by atoms with Crippen LogP contribution in [0.15, 0.2) is 11.6 Å². The minimum atomic E-state index is -0.604. The molecular formula is C35H64O7. The highest BCUT2D eigenvalue weighted by Gasteiger charge is 2.30. The van der Waals surface area contributed by atoms with Crippen molar-refractivity contribution in [1.29, 1.82) is 0 Å². The fraction of sp³-hybridized carbons (Fsp3) is 0.914.